The Hall–Kier alpha value is -2.56. The fourth-order valence-electron chi connectivity index (χ4n) is 3.75. The fraction of sp³-hybridized carbons (Fsp3) is 0.647. The summed E-state index contributed by atoms with van der Waals surface area (Å²) in [5.74, 6) is -1.20. The summed E-state index contributed by atoms with van der Waals surface area (Å²) >= 11 is 1.19. The third-order valence-electron chi connectivity index (χ3n) is 4.90. The third-order valence-corrected chi connectivity index (χ3v) is 5.65. The van der Waals surface area contributed by atoms with Crippen LogP contribution in [-0.2, 0) is 25.6 Å². The highest BCUT2D eigenvalue weighted by atomic mass is 32.1. The molecule has 0 aromatic carbocycles. The zero-order valence-corrected chi connectivity index (χ0v) is 16.2. The van der Waals surface area contributed by atoms with Gasteiger partial charge in [0.1, 0.15) is 5.01 Å². The van der Waals surface area contributed by atoms with Gasteiger partial charge in [0.2, 0.25) is 28.8 Å². The summed E-state index contributed by atoms with van der Waals surface area (Å²) in [6, 6.07) is -0.0457. The predicted octanol–water partition coefficient (Wildman–Crippen LogP) is -0.351. The first kappa shape index (κ1) is 20.2. The molecule has 4 amide bonds. The van der Waals surface area contributed by atoms with Crippen molar-refractivity contribution in [2.45, 2.75) is 63.5 Å². The molecule has 0 spiro atoms. The molecule has 1 aromatic rings. The number of piperidine rings is 1. The van der Waals surface area contributed by atoms with Crippen LogP contribution in [0.25, 0.3) is 0 Å². The molecule has 2 atom stereocenters. The minimum atomic E-state index is -0.327. The van der Waals surface area contributed by atoms with Gasteiger partial charge in [0.25, 0.3) is 0 Å². The van der Waals surface area contributed by atoms with Crippen molar-refractivity contribution in [2.75, 3.05) is 5.73 Å². The van der Waals surface area contributed by atoms with Crippen molar-refractivity contribution >= 4 is 40.1 Å². The maximum absolute atomic E-state index is 12.3. The van der Waals surface area contributed by atoms with Crippen LogP contribution >= 0.6 is 11.3 Å². The molecule has 0 radical (unpaired) electrons. The molecular formula is C17H24N6O4S. The van der Waals surface area contributed by atoms with Gasteiger partial charge in [-0.1, -0.05) is 11.3 Å². The molecular weight excluding hydrogens is 384 g/mol. The largest absolute Gasteiger partial charge is 0.374 e. The number of amides is 4. The molecule has 2 fully saturated rings. The van der Waals surface area contributed by atoms with Crippen LogP contribution < -0.4 is 21.7 Å². The van der Waals surface area contributed by atoms with Crippen molar-refractivity contribution < 1.29 is 19.2 Å². The molecule has 152 valence electrons. The first-order valence-corrected chi connectivity index (χ1v) is 10.2. The lowest BCUT2D eigenvalue weighted by Crippen LogP contribution is -2.47. The molecule has 2 heterocycles. The Morgan fingerprint density at radius 3 is 2.32 bits per heavy atom. The summed E-state index contributed by atoms with van der Waals surface area (Å²) in [7, 11) is 0. The van der Waals surface area contributed by atoms with E-state index < -0.39 is 0 Å². The number of nitrogens with two attached hydrogens (primary N) is 1. The fourth-order valence-corrected chi connectivity index (χ4v) is 4.36. The van der Waals surface area contributed by atoms with Crippen molar-refractivity contribution in [3.05, 3.63) is 5.01 Å². The molecule has 1 saturated carbocycles. The molecule has 11 heteroatoms. The zero-order valence-electron chi connectivity index (χ0n) is 15.4. The maximum atomic E-state index is 12.3. The normalized spacial score (nSPS) is 23.1. The SMILES string of the molecule is Nc1nnc(CC(=O)NC2CCCC(NC(=O)CC3CC(=O)NC(=O)C3)C2)s1. The summed E-state index contributed by atoms with van der Waals surface area (Å²) in [5.41, 5.74) is 5.52. The highest BCUT2D eigenvalue weighted by Crippen LogP contribution is 2.21. The second kappa shape index (κ2) is 9.09. The summed E-state index contributed by atoms with van der Waals surface area (Å²) in [6.45, 7) is 0. The number of anilines is 1. The highest BCUT2D eigenvalue weighted by Gasteiger charge is 2.29. The zero-order chi connectivity index (χ0) is 20.1. The number of hydrogen-bond acceptors (Lipinski definition) is 8. The Kier molecular flexibility index (Phi) is 6.55. The van der Waals surface area contributed by atoms with Crippen molar-refractivity contribution in [3.8, 4) is 0 Å². The van der Waals surface area contributed by atoms with Gasteiger partial charge >= 0.3 is 0 Å². The maximum Gasteiger partial charge on any atom is 0.227 e. The number of nitrogens with one attached hydrogen (secondary N) is 3. The summed E-state index contributed by atoms with van der Waals surface area (Å²) in [6.07, 6.45) is 3.93. The number of nitrogen functional groups attached to an aromatic ring is 1. The number of aromatic nitrogens is 2. The summed E-state index contributed by atoms with van der Waals surface area (Å²) in [5, 5.41) is 16.6. The van der Waals surface area contributed by atoms with Gasteiger partial charge in [0.15, 0.2) is 0 Å². The van der Waals surface area contributed by atoms with E-state index in [2.05, 4.69) is 26.1 Å². The Balaban J connectivity index is 1.42. The van der Waals surface area contributed by atoms with E-state index in [4.69, 9.17) is 5.73 Å². The lowest BCUT2D eigenvalue weighted by Gasteiger charge is -2.31. The average molecular weight is 408 g/mol. The number of imide groups is 1. The minimum absolute atomic E-state index is 0.0149. The lowest BCUT2D eigenvalue weighted by molar-refractivity contribution is -0.135. The number of nitrogens with zero attached hydrogens (tertiary/aromatic N) is 2. The lowest BCUT2D eigenvalue weighted by atomic mass is 9.89. The highest BCUT2D eigenvalue weighted by molar-refractivity contribution is 7.15. The number of rotatable bonds is 6. The molecule has 1 saturated heterocycles. The average Bonchev–Trinajstić information content (AvgIpc) is 2.98. The van der Waals surface area contributed by atoms with Crippen LogP contribution in [0.4, 0.5) is 5.13 Å². The van der Waals surface area contributed by atoms with Gasteiger partial charge in [0.05, 0.1) is 6.42 Å². The van der Waals surface area contributed by atoms with Crippen molar-refractivity contribution in [3.63, 3.8) is 0 Å². The molecule has 1 aliphatic carbocycles. The van der Waals surface area contributed by atoms with E-state index in [1.165, 1.54) is 11.3 Å². The van der Waals surface area contributed by atoms with E-state index in [0.29, 0.717) is 16.6 Å². The van der Waals surface area contributed by atoms with E-state index >= 15 is 0 Å². The Morgan fingerprint density at radius 1 is 1.07 bits per heavy atom. The van der Waals surface area contributed by atoms with Crippen LogP contribution in [0.1, 0.15) is 50.0 Å². The van der Waals surface area contributed by atoms with Crippen LogP contribution in [0.15, 0.2) is 0 Å². The van der Waals surface area contributed by atoms with Gasteiger partial charge in [-0.3, -0.25) is 24.5 Å². The Labute approximate surface area is 166 Å². The summed E-state index contributed by atoms with van der Waals surface area (Å²) in [4.78, 5) is 47.3. The smallest absolute Gasteiger partial charge is 0.227 e. The van der Waals surface area contributed by atoms with Gasteiger partial charge in [0, 0.05) is 31.3 Å². The second-order valence-corrected chi connectivity index (χ2v) is 8.45. The predicted molar refractivity (Wildman–Crippen MR) is 101 cm³/mol. The first-order valence-electron chi connectivity index (χ1n) is 9.36. The molecule has 28 heavy (non-hydrogen) atoms. The molecule has 5 N–H and O–H groups in total. The van der Waals surface area contributed by atoms with Crippen LogP contribution in [0.5, 0.6) is 0 Å². The van der Waals surface area contributed by atoms with Crippen LogP contribution in [-0.4, -0.2) is 45.9 Å². The van der Waals surface area contributed by atoms with Gasteiger partial charge in [-0.15, -0.1) is 10.2 Å². The first-order chi connectivity index (χ1) is 13.4. The molecule has 1 aliphatic heterocycles. The molecule has 0 bridgehead atoms. The summed E-state index contributed by atoms with van der Waals surface area (Å²) < 4.78 is 0. The van der Waals surface area contributed by atoms with E-state index in [1.54, 1.807) is 0 Å². The minimum Gasteiger partial charge on any atom is -0.374 e. The monoisotopic (exact) mass is 408 g/mol. The molecule has 3 rings (SSSR count). The van der Waals surface area contributed by atoms with Crippen molar-refractivity contribution in [1.82, 2.24) is 26.1 Å². The number of carbonyl (C=O) groups excluding carboxylic acids is 4. The van der Waals surface area contributed by atoms with Crippen LogP contribution in [0, 0.1) is 5.92 Å². The van der Waals surface area contributed by atoms with Gasteiger partial charge < -0.3 is 16.4 Å². The molecule has 2 unspecified atom stereocenters. The Bertz CT molecular complexity index is 751. The third kappa shape index (κ3) is 5.98. The van der Waals surface area contributed by atoms with E-state index in [9.17, 15) is 19.2 Å². The second-order valence-electron chi connectivity index (χ2n) is 7.36. The standard InChI is InChI=1S/C17H24N6O4S/c18-17-23-22-16(28-17)8-15(27)20-11-3-1-2-10(7-11)19-12(24)4-9-5-13(25)21-14(26)6-9/h9-11H,1-8H2,(H2,18,23)(H,19,24)(H,20,27)(H,21,25,26). The van der Waals surface area contributed by atoms with E-state index in [0.717, 1.165) is 19.3 Å². The topological polar surface area (TPSA) is 156 Å². The van der Waals surface area contributed by atoms with Gasteiger partial charge in [-0.05, 0) is 31.6 Å². The van der Waals surface area contributed by atoms with Crippen LogP contribution in [0.3, 0.4) is 0 Å². The van der Waals surface area contributed by atoms with E-state index in [1.807, 2.05) is 0 Å². The van der Waals surface area contributed by atoms with E-state index in [-0.39, 0.29) is 67.3 Å². The Morgan fingerprint density at radius 2 is 1.71 bits per heavy atom. The van der Waals surface area contributed by atoms with Crippen molar-refractivity contribution in [1.29, 1.82) is 0 Å². The van der Waals surface area contributed by atoms with Gasteiger partial charge in [-0.2, -0.15) is 0 Å². The number of hydrogen-bond donors (Lipinski definition) is 4. The molecule has 10 nitrogen and oxygen atoms in total. The van der Waals surface area contributed by atoms with Crippen LogP contribution in [0.2, 0.25) is 0 Å². The van der Waals surface area contributed by atoms with Gasteiger partial charge in [-0.25, -0.2) is 0 Å². The quantitative estimate of drug-likeness (QED) is 0.469. The molecule has 1 aromatic heterocycles. The molecule has 2 aliphatic rings. The number of carbonyl (C=O) groups is 4. The van der Waals surface area contributed by atoms with Crippen molar-refractivity contribution in [2.24, 2.45) is 5.92 Å².